The molecule has 0 N–H and O–H groups in total. The number of thioether (sulfide) groups is 1. The predicted molar refractivity (Wildman–Crippen MR) is 107 cm³/mol. The van der Waals surface area contributed by atoms with Gasteiger partial charge in [-0.15, -0.1) is 11.8 Å². The number of nitrogens with zero attached hydrogens (tertiary/aromatic N) is 3. The van der Waals surface area contributed by atoms with Crippen molar-refractivity contribution in [3.63, 3.8) is 0 Å². The monoisotopic (exact) mass is 355 g/mol. The highest BCUT2D eigenvalue weighted by Crippen LogP contribution is 2.50. The summed E-state index contributed by atoms with van der Waals surface area (Å²) in [5.74, 6) is 2.01. The van der Waals surface area contributed by atoms with Crippen molar-refractivity contribution in [2.24, 2.45) is 11.3 Å². The number of aromatic nitrogens is 2. The molecule has 1 aromatic carbocycles. The molecule has 2 aliphatic rings. The van der Waals surface area contributed by atoms with E-state index in [0.29, 0.717) is 11.0 Å². The van der Waals surface area contributed by atoms with Gasteiger partial charge < -0.3 is 4.90 Å². The van der Waals surface area contributed by atoms with Gasteiger partial charge >= 0.3 is 0 Å². The Bertz CT molecular complexity index is 772. The Hall–Kier alpha value is -1.29. The molecule has 1 spiro atoms. The highest BCUT2D eigenvalue weighted by atomic mass is 32.2. The Morgan fingerprint density at radius 1 is 1.12 bits per heavy atom. The lowest BCUT2D eigenvalue weighted by molar-refractivity contribution is 0.0995. The Balaban J connectivity index is 1.64. The topological polar surface area (TPSA) is 29.0 Å². The van der Waals surface area contributed by atoms with Crippen LogP contribution in [0.5, 0.6) is 0 Å². The Kier molecular flexibility index (Phi) is 4.22. The summed E-state index contributed by atoms with van der Waals surface area (Å²) in [7, 11) is 0. The zero-order chi connectivity index (χ0) is 17.7. The van der Waals surface area contributed by atoms with Crippen LogP contribution >= 0.6 is 11.8 Å². The van der Waals surface area contributed by atoms with E-state index in [9.17, 15) is 0 Å². The first-order valence-corrected chi connectivity index (χ1v) is 10.7. The van der Waals surface area contributed by atoms with E-state index in [4.69, 9.17) is 4.98 Å². The van der Waals surface area contributed by atoms with E-state index in [-0.39, 0.29) is 0 Å². The SMILES string of the molecule is CSc1ccc2ncnc(N3CCC34CCC(C(C)(C)C)CC4)c2c1. The van der Waals surface area contributed by atoms with E-state index in [1.807, 2.05) is 0 Å². The number of fused-ring (bicyclic) bond motifs is 1. The second-order valence-electron chi connectivity index (χ2n) is 8.85. The van der Waals surface area contributed by atoms with Crippen LogP contribution in [0.1, 0.15) is 52.9 Å². The molecule has 2 heterocycles. The molecule has 25 heavy (non-hydrogen) atoms. The Morgan fingerprint density at radius 2 is 1.88 bits per heavy atom. The van der Waals surface area contributed by atoms with Gasteiger partial charge in [0.2, 0.25) is 0 Å². The normalized spacial score (nSPS) is 26.9. The molecule has 1 aromatic heterocycles. The maximum atomic E-state index is 4.73. The molecular formula is C21H29N3S. The van der Waals surface area contributed by atoms with Crippen molar-refractivity contribution < 1.29 is 0 Å². The quantitative estimate of drug-likeness (QED) is 0.662. The molecule has 134 valence electrons. The van der Waals surface area contributed by atoms with Crippen molar-refractivity contribution in [1.82, 2.24) is 9.97 Å². The second-order valence-corrected chi connectivity index (χ2v) is 9.73. The minimum atomic E-state index is 0.346. The first kappa shape index (κ1) is 17.1. The summed E-state index contributed by atoms with van der Waals surface area (Å²) in [5.41, 5.74) is 1.84. The van der Waals surface area contributed by atoms with Crippen LogP contribution in [0.2, 0.25) is 0 Å². The average molecular weight is 356 g/mol. The van der Waals surface area contributed by atoms with Crippen molar-refractivity contribution >= 4 is 28.5 Å². The van der Waals surface area contributed by atoms with Crippen molar-refractivity contribution in [2.75, 3.05) is 17.7 Å². The smallest absolute Gasteiger partial charge is 0.140 e. The number of anilines is 1. The molecule has 1 aliphatic heterocycles. The molecule has 1 saturated carbocycles. The number of hydrogen-bond donors (Lipinski definition) is 0. The van der Waals surface area contributed by atoms with Crippen molar-refractivity contribution in [3.8, 4) is 0 Å². The van der Waals surface area contributed by atoms with Gasteiger partial charge in [0.1, 0.15) is 12.1 Å². The third kappa shape index (κ3) is 2.92. The summed E-state index contributed by atoms with van der Waals surface area (Å²) in [4.78, 5) is 13.1. The summed E-state index contributed by atoms with van der Waals surface area (Å²) in [6.45, 7) is 8.33. The van der Waals surface area contributed by atoms with Crippen LogP contribution in [0.3, 0.4) is 0 Å². The van der Waals surface area contributed by atoms with Crippen molar-refractivity contribution in [2.45, 2.75) is 63.3 Å². The molecular weight excluding hydrogens is 326 g/mol. The van der Waals surface area contributed by atoms with E-state index in [0.717, 1.165) is 23.8 Å². The number of hydrogen-bond acceptors (Lipinski definition) is 4. The molecule has 2 aromatic rings. The third-order valence-corrected chi connectivity index (χ3v) is 7.32. The van der Waals surface area contributed by atoms with Crippen molar-refractivity contribution in [1.29, 1.82) is 0 Å². The fraction of sp³-hybridized carbons (Fsp3) is 0.619. The van der Waals surface area contributed by atoms with Gasteiger partial charge in [-0.05, 0) is 67.9 Å². The third-order valence-electron chi connectivity index (χ3n) is 6.59. The molecule has 0 unspecified atom stereocenters. The second kappa shape index (κ2) is 6.15. The van der Waals surface area contributed by atoms with Crippen LogP contribution in [-0.2, 0) is 0 Å². The van der Waals surface area contributed by atoms with Gasteiger partial charge in [-0.25, -0.2) is 9.97 Å². The first-order valence-electron chi connectivity index (χ1n) is 9.49. The van der Waals surface area contributed by atoms with E-state index in [2.05, 4.69) is 55.1 Å². The first-order chi connectivity index (χ1) is 11.9. The number of benzene rings is 1. The molecule has 2 fully saturated rings. The fourth-order valence-electron chi connectivity index (χ4n) is 4.78. The zero-order valence-electron chi connectivity index (χ0n) is 15.9. The molecule has 1 saturated heterocycles. The Labute approximate surface area is 155 Å². The van der Waals surface area contributed by atoms with Crippen LogP contribution in [0.4, 0.5) is 5.82 Å². The van der Waals surface area contributed by atoms with Gasteiger partial charge in [0, 0.05) is 22.4 Å². The summed E-state index contributed by atoms with van der Waals surface area (Å²) < 4.78 is 0. The fourth-order valence-corrected chi connectivity index (χ4v) is 5.22. The van der Waals surface area contributed by atoms with Gasteiger partial charge in [-0.1, -0.05) is 20.8 Å². The minimum absolute atomic E-state index is 0.346. The van der Waals surface area contributed by atoms with Crippen LogP contribution in [0, 0.1) is 11.3 Å². The molecule has 1 aliphatic carbocycles. The molecule has 4 heteroatoms. The average Bonchev–Trinajstić information content (AvgIpc) is 2.60. The van der Waals surface area contributed by atoms with E-state index in [1.54, 1.807) is 18.1 Å². The minimum Gasteiger partial charge on any atom is -0.350 e. The standard InChI is InChI=1S/C21H29N3S/c1-20(2,3)15-7-9-21(10-8-15)11-12-24(21)19-17-13-16(25-4)5-6-18(17)22-14-23-19/h5-6,13-15H,7-12H2,1-4H3. The largest absolute Gasteiger partial charge is 0.350 e. The van der Waals surface area contributed by atoms with Crippen LogP contribution in [-0.4, -0.2) is 28.3 Å². The van der Waals surface area contributed by atoms with Gasteiger partial charge in [0.15, 0.2) is 0 Å². The molecule has 4 rings (SSSR count). The van der Waals surface area contributed by atoms with Gasteiger partial charge in [0.05, 0.1) is 5.52 Å². The highest BCUT2D eigenvalue weighted by Gasteiger charge is 2.48. The van der Waals surface area contributed by atoms with Gasteiger partial charge in [-0.3, -0.25) is 0 Å². The van der Waals surface area contributed by atoms with Gasteiger partial charge in [0.25, 0.3) is 0 Å². The lowest BCUT2D eigenvalue weighted by Crippen LogP contribution is -2.62. The van der Waals surface area contributed by atoms with E-state index >= 15 is 0 Å². The molecule has 0 radical (unpaired) electrons. The van der Waals surface area contributed by atoms with Crippen LogP contribution in [0.25, 0.3) is 10.9 Å². The highest BCUT2D eigenvalue weighted by molar-refractivity contribution is 7.98. The van der Waals surface area contributed by atoms with Crippen LogP contribution in [0.15, 0.2) is 29.4 Å². The molecule has 0 bridgehead atoms. The van der Waals surface area contributed by atoms with E-state index < -0.39 is 0 Å². The molecule has 3 nitrogen and oxygen atoms in total. The predicted octanol–water partition coefficient (Wildman–Crippen LogP) is 5.54. The maximum absolute atomic E-state index is 4.73. The summed E-state index contributed by atoms with van der Waals surface area (Å²) >= 11 is 1.79. The summed E-state index contributed by atoms with van der Waals surface area (Å²) in [5, 5.41) is 1.21. The maximum Gasteiger partial charge on any atom is 0.140 e. The summed E-state index contributed by atoms with van der Waals surface area (Å²) in [6.07, 6.45) is 10.5. The number of rotatable bonds is 2. The van der Waals surface area contributed by atoms with Gasteiger partial charge in [-0.2, -0.15) is 0 Å². The lowest BCUT2D eigenvalue weighted by atomic mass is 9.63. The summed E-state index contributed by atoms with van der Waals surface area (Å²) in [6, 6.07) is 6.56. The Morgan fingerprint density at radius 3 is 2.48 bits per heavy atom. The molecule has 0 amide bonds. The lowest BCUT2D eigenvalue weighted by Gasteiger charge is -2.58. The van der Waals surface area contributed by atoms with Crippen molar-refractivity contribution in [3.05, 3.63) is 24.5 Å². The van der Waals surface area contributed by atoms with E-state index in [1.165, 1.54) is 42.4 Å². The van der Waals surface area contributed by atoms with Crippen LogP contribution < -0.4 is 4.90 Å². The zero-order valence-corrected chi connectivity index (χ0v) is 16.7. The molecule has 0 atom stereocenters.